The molecule has 3 aromatic rings. The number of benzene rings is 2. The van der Waals surface area contributed by atoms with E-state index in [9.17, 15) is 18.4 Å². The molecule has 1 N–H and O–H groups in total. The van der Waals surface area contributed by atoms with Crippen LogP contribution in [0.25, 0.3) is 11.5 Å². The lowest BCUT2D eigenvalue weighted by Gasteiger charge is -2.06. The van der Waals surface area contributed by atoms with Gasteiger partial charge < -0.3 is 14.5 Å². The van der Waals surface area contributed by atoms with E-state index in [2.05, 4.69) is 15.5 Å². The van der Waals surface area contributed by atoms with Crippen molar-refractivity contribution in [1.29, 1.82) is 0 Å². The first-order valence-corrected chi connectivity index (χ1v) is 8.29. The number of esters is 1. The maximum Gasteiger partial charge on any atom is 0.308 e. The molecular formula is C19H15F2N3O4. The van der Waals surface area contributed by atoms with Gasteiger partial charge in [-0.15, -0.1) is 10.2 Å². The molecule has 0 saturated carbocycles. The van der Waals surface area contributed by atoms with Gasteiger partial charge in [0.25, 0.3) is 11.8 Å². The standard InChI is InChI=1S/C19H15F2N3O4/c20-13-6-7-14(15(21)10-13)18(26)22-9-8-17(25)27-11-16-23-24-19(28-16)12-4-2-1-3-5-12/h1-7,10H,8-9,11H2,(H,22,26). The Morgan fingerprint density at radius 1 is 1.07 bits per heavy atom. The lowest BCUT2D eigenvalue weighted by Crippen LogP contribution is -2.27. The van der Waals surface area contributed by atoms with Crippen LogP contribution in [0.1, 0.15) is 22.7 Å². The Morgan fingerprint density at radius 2 is 1.86 bits per heavy atom. The minimum atomic E-state index is -0.981. The van der Waals surface area contributed by atoms with E-state index in [1.165, 1.54) is 0 Å². The fourth-order valence-electron chi connectivity index (χ4n) is 2.27. The van der Waals surface area contributed by atoms with Crippen LogP contribution in [-0.4, -0.2) is 28.6 Å². The minimum Gasteiger partial charge on any atom is -0.456 e. The predicted octanol–water partition coefficient (Wildman–Crippen LogP) is 2.88. The second-order valence-electron chi connectivity index (χ2n) is 5.66. The molecule has 1 aromatic heterocycles. The van der Waals surface area contributed by atoms with Crippen LogP contribution in [0.15, 0.2) is 52.9 Å². The number of carbonyl (C=O) groups excluding carboxylic acids is 2. The Hall–Kier alpha value is -3.62. The molecule has 0 saturated heterocycles. The van der Waals surface area contributed by atoms with Crippen LogP contribution in [0.3, 0.4) is 0 Å². The summed E-state index contributed by atoms with van der Waals surface area (Å²) in [5.41, 5.74) is 0.428. The minimum absolute atomic E-state index is 0.0758. The average Bonchev–Trinajstić information content (AvgIpc) is 3.16. The van der Waals surface area contributed by atoms with Crippen molar-refractivity contribution in [3.05, 3.63) is 71.6 Å². The number of hydrogen-bond donors (Lipinski definition) is 1. The van der Waals surface area contributed by atoms with Crippen molar-refractivity contribution in [3.63, 3.8) is 0 Å². The van der Waals surface area contributed by atoms with Crippen molar-refractivity contribution in [2.75, 3.05) is 6.54 Å². The monoisotopic (exact) mass is 387 g/mol. The third kappa shape index (κ3) is 4.97. The molecule has 9 heteroatoms. The van der Waals surface area contributed by atoms with Gasteiger partial charge in [0.05, 0.1) is 12.0 Å². The number of aromatic nitrogens is 2. The zero-order valence-electron chi connectivity index (χ0n) is 14.5. The molecular weight excluding hydrogens is 372 g/mol. The molecule has 0 radical (unpaired) electrons. The number of hydrogen-bond acceptors (Lipinski definition) is 6. The molecule has 3 rings (SSSR count). The number of nitrogens with zero attached hydrogens (tertiary/aromatic N) is 2. The predicted molar refractivity (Wildman–Crippen MR) is 92.8 cm³/mol. The summed E-state index contributed by atoms with van der Waals surface area (Å²) < 4.78 is 36.7. The molecule has 28 heavy (non-hydrogen) atoms. The molecule has 0 spiro atoms. The van der Waals surface area contributed by atoms with Gasteiger partial charge in [-0.3, -0.25) is 9.59 Å². The smallest absolute Gasteiger partial charge is 0.308 e. The van der Waals surface area contributed by atoms with Gasteiger partial charge in [0.15, 0.2) is 6.61 Å². The average molecular weight is 387 g/mol. The molecule has 0 fully saturated rings. The van der Waals surface area contributed by atoms with Gasteiger partial charge in [-0.1, -0.05) is 18.2 Å². The van der Waals surface area contributed by atoms with Crippen LogP contribution in [0.2, 0.25) is 0 Å². The van der Waals surface area contributed by atoms with Gasteiger partial charge >= 0.3 is 5.97 Å². The zero-order chi connectivity index (χ0) is 19.9. The van der Waals surface area contributed by atoms with Gasteiger partial charge in [0.1, 0.15) is 11.6 Å². The van der Waals surface area contributed by atoms with Crippen LogP contribution in [-0.2, 0) is 16.1 Å². The van der Waals surface area contributed by atoms with Crippen molar-refractivity contribution in [3.8, 4) is 11.5 Å². The summed E-state index contributed by atoms with van der Waals surface area (Å²) in [5.74, 6) is -2.70. The summed E-state index contributed by atoms with van der Waals surface area (Å²) in [6.45, 7) is -0.285. The summed E-state index contributed by atoms with van der Waals surface area (Å²) in [7, 11) is 0. The van der Waals surface area contributed by atoms with Crippen LogP contribution in [0.4, 0.5) is 8.78 Å². The summed E-state index contributed by atoms with van der Waals surface area (Å²) in [4.78, 5) is 23.6. The Bertz CT molecular complexity index is 976. The number of ether oxygens (including phenoxy) is 1. The first kappa shape index (κ1) is 19.2. The number of rotatable bonds is 7. The molecule has 144 valence electrons. The normalized spacial score (nSPS) is 10.5. The van der Waals surface area contributed by atoms with Gasteiger partial charge in [-0.05, 0) is 24.3 Å². The van der Waals surface area contributed by atoms with Gasteiger partial charge in [-0.25, -0.2) is 8.78 Å². The molecule has 0 aliphatic heterocycles. The summed E-state index contributed by atoms with van der Waals surface area (Å²) in [5, 5.41) is 10.0. The molecule has 0 aliphatic rings. The molecule has 0 unspecified atom stereocenters. The fourth-order valence-corrected chi connectivity index (χ4v) is 2.27. The lowest BCUT2D eigenvalue weighted by atomic mass is 10.2. The summed E-state index contributed by atoms with van der Waals surface area (Å²) in [6, 6.07) is 11.7. The Balaban J connectivity index is 1.42. The number of halogens is 2. The highest BCUT2D eigenvalue weighted by Crippen LogP contribution is 2.17. The van der Waals surface area contributed by atoms with E-state index in [0.29, 0.717) is 12.0 Å². The van der Waals surface area contributed by atoms with Crippen LogP contribution in [0.5, 0.6) is 0 Å². The third-order valence-corrected chi connectivity index (χ3v) is 3.63. The highest BCUT2D eigenvalue weighted by atomic mass is 19.1. The molecule has 0 atom stereocenters. The lowest BCUT2D eigenvalue weighted by molar-refractivity contribution is -0.145. The van der Waals surface area contributed by atoms with E-state index < -0.39 is 23.5 Å². The highest BCUT2D eigenvalue weighted by molar-refractivity contribution is 5.94. The van der Waals surface area contributed by atoms with Crippen molar-refractivity contribution in [1.82, 2.24) is 15.5 Å². The Labute approximate surface area is 158 Å². The van der Waals surface area contributed by atoms with E-state index >= 15 is 0 Å². The molecule has 0 bridgehead atoms. The zero-order valence-corrected chi connectivity index (χ0v) is 14.5. The van der Waals surface area contributed by atoms with Crippen molar-refractivity contribution >= 4 is 11.9 Å². The van der Waals surface area contributed by atoms with Crippen molar-refractivity contribution in [2.24, 2.45) is 0 Å². The number of amides is 1. The molecule has 7 nitrogen and oxygen atoms in total. The van der Waals surface area contributed by atoms with Crippen LogP contribution < -0.4 is 5.32 Å². The van der Waals surface area contributed by atoms with E-state index in [1.807, 2.05) is 18.2 Å². The van der Waals surface area contributed by atoms with Crippen LogP contribution >= 0.6 is 0 Å². The summed E-state index contributed by atoms with van der Waals surface area (Å²) in [6.07, 6.45) is -0.145. The molecule has 0 aliphatic carbocycles. The van der Waals surface area contributed by atoms with E-state index in [0.717, 1.165) is 17.7 Å². The SMILES string of the molecule is O=C(CCNC(=O)c1ccc(F)cc1F)OCc1nnc(-c2ccccc2)o1. The second kappa shape index (κ2) is 8.85. The quantitative estimate of drug-likeness (QED) is 0.627. The largest absolute Gasteiger partial charge is 0.456 e. The Morgan fingerprint density at radius 3 is 2.61 bits per heavy atom. The van der Waals surface area contributed by atoms with E-state index in [4.69, 9.17) is 9.15 Å². The molecule has 1 amide bonds. The van der Waals surface area contributed by atoms with E-state index in [1.54, 1.807) is 12.1 Å². The molecule has 1 heterocycles. The number of carbonyl (C=O) groups is 2. The third-order valence-electron chi connectivity index (χ3n) is 3.63. The van der Waals surface area contributed by atoms with Gasteiger partial charge in [0.2, 0.25) is 5.89 Å². The van der Waals surface area contributed by atoms with E-state index in [-0.39, 0.29) is 31.0 Å². The molecule has 2 aromatic carbocycles. The summed E-state index contributed by atoms with van der Waals surface area (Å²) >= 11 is 0. The number of nitrogens with one attached hydrogen (secondary N) is 1. The van der Waals surface area contributed by atoms with Crippen molar-refractivity contribution < 1.29 is 27.5 Å². The van der Waals surface area contributed by atoms with Gasteiger partial charge in [-0.2, -0.15) is 0 Å². The maximum absolute atomic E-state index is 13.5. The highest BCUT2D eigenvalue weighted by Gasteiger charge is 2.14. The van der Waals surface area contributed by atoms with Crippen molar-refractivity contribution in [2.45, 2.75) is 13.0 Å². The van der Waals surface area contributed by atoms with Gasteiger partial charge in [0, 0.05) is 18.2 Å². The first-order valence-electron chi connectivity index (χ1n) is 8.29. The second-order valence-corrected chi connectivity index (χ2v) is 5.66. The van der Waals surface area contributed by atoms with Crippen LogP contribution in [0, 0.1) is 11.6 Å². The maximum atomic E-state index is 13.5. The Kier molecular flexibility index (Phi) is 6.05. The fraction of sp³-hybridized carbons (Fsp3) is 0.158. The first-order chi connectivity index (χ1) is 13.5. The topological polar surface area (TPSA) is 94.3 Å².